The Kier molecular flexibility index (Phi) is 2.71. The van der Waals surface area contributed by atoms with Gasteiger partial charge in [0.05, 0.1) is 11.9 Å². The number of anilines is 1. The predicted octanol–water partition coefficient (Wildman–Crippen LogP) is 2.99. The number of pyridine rings is 1. The highest BCUT2D eigenvalue weighted by atomic mass is 14.9. The molecular weight excluding hydrogens is 172 g/mol. The Morgan fingerprint density at radius 2 is 2.29 bits per heavy atom. The molecule has 1 N–H and O–H groups in total. The number of hydrogen-bond donors (Lipinski definition) is 1. The van der Waals surface area contributed by atoms with Gasteiger partial charge in [-0.25, -0.2) is 0 Å². The summed E-state index contributed by atoms with van der Waals surface area (Å²) in [4.78, 5) is 4.28. The van der Waals surface area contributed by atoms with E-state index in [0.29, 0.717) is 6.04 Å². The van der Waals surface area contributed by atoms with Gasteiger partial charge in [-0.05, 0) is 44.2 Å². The first kappa shape index (κ1) is 9.50. The molecule has 0 radical (unpaired) electrons. The molecule has 76 valence electrons. The topological polar surface area (TPSA) is 24.9 Å². The quantitative estimate of drug-likeness (QED) is 0.789. The number of nitrogens with zero attached hydrogens (tertiary/aromatic N) is 1. The second kappa shape index (κ2) is 3.99. The van der Waals surface area contributed by atoms with Gasteiger partial charge in [0.2, 0.25) is 0 Å². The van der Waals surface area contributed by atoms with E-state index < -0.39 is 0 Å². The highest BCUT2D eigenvalue weighted by Gasteiger charge is 2.29. The predicted molar refractivity (Wildman–Crippen MR) is 59.4 cm³/mol. The fourth-order valence-electron chi connectivity index (χ4n) is 1.82. The molecule has 2 rings (SSSR count). The molecule has 0 amide bonds. The van der Waals surface area contributed by atoms with Crippen LogP contribution in [0.3, 0.4) is 0 Å². The van der Waals surface area contributed by atoms with Gasteiger partial charge in [0.1, 0.15) is 0 Å². The minimum absolute atomic E-state index is 0.652. The van der Waals surface area contributed by atoms with Crippen LogP contribution in [0.2, 0.25) is 0 Å². The maximum absolute atomic E-state index is 4.28. The lowest BCUT2D eigenvalue weighted by molar-refractivity contribution is 0.616. The van der Waals surface area contributed by atoms with Crippen LogP contribution in [0.5, 0.6) is 0 Å². The average Bonchev–Trinajstić information content (AvgIpc) is 3.01. The number of rotatable bonds is 4. The van der Waals surface area contributed by atoms with E-state index in [1.54, 1.807) is 0 Å². The van der Waals surface area contributed by atoms with Crippen molar-refractivity contribution in [2.75, 3.05) is 5.32 Å². The van der Waals surface area contributed by atoms with Crippen molar-refractivity contribution in [2.45, 2.75) is 39.2 Å². The number of hydrogen-bond acceptors (Lipinski definition) is 2. The molecule has 1 aromatic heterocycles. The normalized spacial score (nSPS) is 17.9. The molecule has 2 nitrogen and oxygen atoms in total. The van der Waals surface area contributed by atoms with Crippen LogP contribution in [0, 0.1) is 12.8 Å². The molecule has 0 bridgehead atoms. The van der Waals surface area contributed by atoms with Crippen molar-refractivity contribution in [3.8, 4) is 0 Å². The minimum atomic E-state index is 0.652. The van der Waals surface area contributed by atoms with Gasteiger partial charge in [0.15, 0.2) is 0 Å². The average molecular weight is 190 g/mol. The van der Waals surface area contributed by atoms with Gasteiger partial charge in [-0.3, -0.25) is 4.98 Å². The maximum atomic E-state index is 4.28. The highest BCUT2D eigenvalue weighted by molar-refractivity contribution is 5.42. The lowest BCUT2D eigenvalue weighted by Crippen LogP contribution is -2.20. The van der Waals surface area contributed by atoms with Crippen LogP contribution >= 0.6 is 0 Å². The van der Waals surface area contributed by atoms with E-state index >= 15 is 0 Å². The van der Waals surface area contributed by atoms with Crippen LogP contribution in [0.25, 0.3) is 0 Å². The largest absolute Gasteiger partial charge is 0.381 e. The first-order valence-corrected chi connectivity index (χ1v) is 5.49. The van der Waals surface area contributed by atoms with Crippen LogP contribution < -0.4 is 5.32 Å². The number of aromatic nitrogens is 1. The molecule has 0 aromatic carbocycles. The minimum Gasteiger partial charge on any atom is -0.381 e. The zero-order valence-electron chi connectivity index (χ0n) is 8.96. The second-order valence-corrected chi connectivity index (χ2v) is 4.18. The second-order valence-electron chi connectivity index (χ2n) is 4.18. The zero-order valence-corrected chi connectivity index (χ0v) is 8.96. The van der Waals surface area contributed by atoms with Crippen LogP contribution in [-0.2, 0) is 0 Å². The standard InChI is InChI=1S/C12H18N2/c1-3-12(10-5-6-10)14-11-7-4-9(2)13-8-11/h4,7-8,10,12,14H,3,5-6H2,1-2H3. The van der Waals surface area contributed by atoms with E-state index in [2.05, 4.69) is 29.4 Å². The summed E-state index contributed by atoms with van der Waals surface area (Å²) in [5, 5.41) is 3.56. The number of aryl methyl sites for hydroxylation is 1. The molecule has 0 spiro atoms. The molecule has 2 heteroatoms. The zero-order chi connectivity index (χ0) is 9.97. The van der Waals surface area contributed by atoms with Gasteiger partial charge >= 0.3 is 0 Å². The first-order valence-electron chi connectivity index (χ1n) is 5.49. The third-order valence-corrected chi connectivity index (χ3v) is 2.89. The van der Waals surface area contributed by atoms with Crippen LogP contribution in [-0.4, -0.2) is 11.0 Å². The smallest absolute Gasteiger partial charge is 0.0529 e. The Balaban J connectivity index is 1.98. The van der Waals surface area contributed by atoms with E-state index in [9.17, 15) is 0 Å². The van der Waals surface area contributed by atoms with E-state index in [1.807, 2.05) is 13.1 Å². The van der Waals surface area contributed by atoms with Gasteiger partial charge in [0.25, 0.3) is 0 Å². The summed E-state index contributed by atoms with van der Waals surface area (Å²) >= 11 is 0. The lowest BCUT2D eigenvalue weighted by Gasteiger charge is -2.17. The van der Waals surface area contributed by atoms with Crippen LogP contribution in [0.4, 0.5) is 5.69 Å². The Labute approximate surface area is 85.7 Å². The summed E-state index contributed by atoms with van der Waals surface area (Å²) in [6.45, 7) is 4.26. The Morgan fingerprint density at radius 1 is 1.50 bits per heavy atom. The van der Waals surface area contributed by atoms with E-state index in [-0.39, 0.29) is 0 Å². The van der Waals surface area contributed by atoms with Gasteiger partial charge in [-0.15, -0.1) is 0 Å². The van der Waals surface area contributed by atoms with Crippen molar-refractivity contribution in [3.05, 3.63) is 24.0 Å². The van der Waals surface area contributed by atoms with Gasteiger partial charge < -0.3 is 5.32 Å². The molecule has 1 heterocycles. The van der Waals surface area contributed by atoms with E-state index in [1.165, 1.54) is 19.3 Å². The fraction of sp³-hybridized carbons (Fsp3) is 0.583. The Bertz CT molecular complexity index is 288. The van der Waals surface area contributed by atoms with Crippen molar-refractivity contribution in [2.24, 2.45) is 5.92 Å². The summed E-state index contributed by atoms with van der Waals surface area (Å²) in [6.07, 6.45) is 5.93. The van der Waals surface area contributed by atoms with Gasteiger partial charge in [0, 0.05) is 11.7 Å². The van der Waals surface area contributed by atoms with Crippen molar-refractivity contribution >= 4 is 5.69 Å². The van der Waals surface area contributed by atoms with Crippen LogP contribution in [0.15, 0.2) is 18.3 Å². The Morgan fingerprint density at radius 3 is 2.79 bits per heavy atom. The maximum Gasteiger partial charge on any atom is 0.0529 e. The molecule has 1 atom stereocenters. The molecule has 0 aliphatic heterocycles. The highest BCUT2D eigenvalue weighted by Crippen LogP contribution is 2.35. The van der Waals surface area contributed by atoms with E-state index in [0.717, 1.165) is 17.3 Å². The summed E-state index contributed by atoms with van der Waals surface area (Å²) in [5.41, 5.74) is 2.24. The number of nitrogens with one attached hydrogen (secondary N) is 1. The molecule has 1 aromatic rings. The van der Waals surface area contributed by atoms with Crippen molar-refractivity contribution in [3.63, 3.8) is 0 Å². The molecule has 1 saturated carbocycles. The third kappa shape index (κ3) is 2.25. The lowest BCUT2D eigenvalue weighted by atomic mass is 10.1. The summed E-state index contributed by atoms with van der Waals surface area (Å²) < 4.78 is 0. The molecular formula is C12H18N2. The molecule has 1 aliphatic carbocycles. The Hall–Kier alpha value is -1.05. The van der Waals surface area contributed by atoms with Crippen LogP contribution in [0.1, 0.15) is 31.9 Å². The summed E-state index contributed by atoms with van der Waals surface area (Å²) in [6, 6.07) is 4.83. The van der Waals surface area contributed by atoms with Gasteiger partial charge in [-0.2, -0.15) is 0 Å². The SMILES string of the molecule is CCC(Nc1ccc(C)nc1)C1CC1. The van der Waals surface area contributed by atoms with Gasteiger partial charge in [-0.1, -0.05) is 6.92 Å². The molecule has 1 fully saturated rings. The third-order valence-electron chi connectivity index (χ3n) is 2.89. The van der Waals surface area contributed by atoms with Crippen molar-refractivity contribution < 1.29 is 0 Å². The fourth-order valence-corrected chi connectivity index (χ4v) is 1.82. The summed E-state index contributed by atoms with van der Waals surface area (Å²) in [7, 11) is 0. The first-order chi connectivity index (χ1) is 6.79. The molecule has 14 heavy (non-hydrogen) atoms. The molecule has 0 saturated heterocycles. The summed E-state index contributed by atoms with van der Waals surface area (Å²) in [5.74, 6) is 0.904. The molecule has 1 unspecified atom stereocenters. The van der Waals surface area contributed by atoms with E-state index in [4.69, 9.17) is 0 Å². The van der Waals surface area contributed by atoms with Crippen molar-refractivity contribution in [1.82, 2.24) is 4.98 Å². The molecule has 1 aliphatic rings. The monoisotopic (exact) mass is 190 g/mol. The van der Waals surface area contributed by atoms with Crippen molar-refractivity contribution in [1.29, 1.82) is 0 Å².